The molecule has 1 saturated heterocycles. The summed E-state index contributed by atoms with van der Waals surface area (Å²) in [6, 6.07) is 4.54. The third-order valence-corrected chi connectivity index (χ3v) is 7.08. The zero-order valence-electron chi connectivity index (χ0n) is 16.0. The van der Waals surface area contributed by atoms with Gasteiger partial charge in [-0.05, 0) is 49.9 Å². The van der Waals surface area contributed by atoms with Crippen molar-refractivity contribution in [1.82, 2.24) is 15.4 Å². The minimum absolute atomic E-state index is 0.0133. The van der Waals surface area contributed by atoms with Gasteiger partial charge in [0.05, 0.1) is 7.11 Å². The van der Waals surface area contributed by atoms with E-state index < -0.39 is 10.0 Å². The first-order valence-corrected chi connectivity index (χ1v) is 11.1. The number of hydrogen-bond donors (Lipinski definition) is 3. The van der Waals surface area contributed by atoms with Crippen LogP contribution in [0, 0.1) is 5.92 Å². The summed E-state index contributed by atoms with van der Waals surface area (Å²) in [5.41, 5.74) is 0.320. The van der Waals surface area contributed by atoms with Gasteiger partial charge in [0.15, 0.2) is 0 Å². The highest BCUT2D eigenvalue weighted by molar-refractivity contribution is 7.89. The third kappa shape index (κ3) is 4.80. The largest absolute Gasteiger partial charge is 0.495 e. The smallest absolute Gasteiger partial charge is 0.251 e. The van der Waals surface area contributed by atoms with Crippen molar-refractivity contribution in [2.75, 3.05) is 20.2 Å². The van der Waals surface area contributed by atoms with E-state index in [1.54, 1.807) is 12.1 Å². The number of hydrogen-bond acceptors (Lipinski definition) is 5. The predicted octanol–water partition coefficient (Wildman–Crippen LogP) is 1.64. The first-order chi connectivity index (χ1) is 12.9. The van der Waals surface area contributed by atoms with Gasteiger partial charge in [-0.15, -0.1) is 0 Å². The van der Waals surface area contributed by atoms with Crippen LogP contribution < -0.4 is 20.1 Å². The van der Waals surface area contributed by atoms with E-state index in [0.717, 1.165) is 45.2 Å². The molecule has 1 amide bonds. The first-order valence-electron chi connectivity index (χ1n) is 9.62. The number of benzene rings is 1. The first kappa shape index (κ1) is 20.1. The molecule has 2 unspecified atom stereocenters. The fourth-order valence-electron chi connectivity index (χ4n) is 3.79. The quantitative estimate of drug-likeness (QED) is 0.681. The van der Waals surface area contributed by atoms with E-state index in [1.165, 1.54) is 13.2 Å². The van der Waals surface area contributed by atoms with Crippen molar-refractivity contribution < 1.29 is 17.9 Å². The van der Waals surface area contributed by atoms with Gasteiger partial charge in [0.2, 0.25) is 10.0 Å². The molecular formula is C19H29N3O4S. The molecule has 1 aliphatic carbocycles. The average molecular weight is 396 g/mol. The molecule has 1 heterocycles. The molecule has 27 heavy (non-hydrogen) atoms. The van der Waals surface area contributed by atoms with Gasteiger partial charge in [0.25, 0.3) is 5.91 Å². The maximum atomic E-state index is 12.9. The zero-order valence-corrected chi connectivity index (χ0v) is 16.8. The Balaban J connectivity index is 1.80. The minimum atomic E-state index is -3.75. The van der Waals surface area contributed by atoms with Gasteiger partial charge in [-0.1, -0.05) is 19.8 Å². The number of piperidine rings is 1. The fourth-order valence-corrected chi connectivity index (χ4v) is 5.29. The van der Waals surface area contributed by atoms with E-state index in [2.05, 4.69) is 22.3 Å². The molecule has 0 radical (unpaired) electrons. The summed E-state index contributed by atoms with van der Waals surface area (Å²) in [7, 11) is -2.32. The molecule has 7 nitrogen and oxygen atoms in total. The maximum absolute atomic E-state index is 12.9. The molecule has 2 aliphatic rings. The lowest BCUT2D eigenvalue weighted by molar-refractivity contribution is 0.0915. The fraction of sp³-hybridized carbons (Fsp3) is 0.632. The van der Waals surface area contributed by atoms with Crippen molar-refractivity contribution in [2.45, 2.75) is 56.0 Å². The van der Waals surface area contributed by atoms with Crippen LogP contribution in [-0.4, -0.2) is 46.6 Å². The second kappa shape index (κ2) is 8.58. The molecular weight excluding hydrogens is 366 g/mol. The Morgan fingerprint density at radius 1 is 1.22 bits per heavy atom. The average Bonchev–Trinajstić information content (AvgIpc) is 3.15. The Kier molecular flexibility index (Phi) is 6.39. The van der Waals surface area contributed by atoms with Crippen molar-refractivity contribution in [3.8, 4) is 5.75 Å². The molecule has 8 heteroatoms. The molecule has 1 aromatic carbocycles. The van der Waals surface area contributed by atoms with Crippen LogP contribution in [0.1, 0.15) is 49.4 Å². The van der Waals surface area contributed by atoms with E-state index in [4.69, 9.17) is 4.74 Å². The van der Waals surface area contributed by atoms with Crippen LogP contribution in [0.4, 0.5) is 0 Å². The lowest BCUT2D eigenvalue weighted by Crippen LogP contribution is -2.50. The van der Waals surface area contributed by atoms with Gasteiger partial charge < -0.3 is 15.4 Å². The molecule has 150 valence electrons. The lowest BCUT2D eigenvalue weighted by atomic mass is 9.94. The van der Waals surface area contributed by atoms with Crippen LogP contribution in [0.3, 0.4) is 0 Å². The van der Waals surface area contributed by atoms with Crippen LogP contribution in [0.15, 0.2) is 23.1 Å². The van der Waals surface area contributed by atoms with Crippen molar-refractivity contribution in [3.63, 3.8) is 0 Å². The highest BCUT2D eigenvalue weighted by atomic mass is 32.2. The van der Waals surface area contributed by atoms with Crippen LogP contribution in [0.5, 0.6) is 5.75 Å². The summed E-state index contributed by atoms with van der Waals surface area (Å²) < 4.78 is 33.7. The Hall–Kier alpha value is -1.64. The number of carbonyl (C=O) groups is 1. The van der Waals surface area contributed by atoms with E-state index in [9.17, 15) is 13.2 Å². The Morgan fingerprint density at radius 2 is 1.96 bits per heavy atom. The Bertz CT molecular complexity index is 775. The van der Waals surface area contributed by atoms with Crippen LogP contribution in [-0.2, 0) is 10.0 Å². The van der Waals surface area contributed by atoms with Gasteiger partial charge in [0, 0.05) is 24.2 Å². The molecule has 3 N–H and O–H groups in total. The van der Waals surface area contributed by atoms with Gasteiger partial charge in [0.1, 0.15) is 10.6 Å². The Labute approximate surface area is 161 Å². The normalized spacial score (nSPS) is 23.9. The summed E-state index contributed by atoms with van der Waals surface area (Å²) in [6.45, 7) is 3.78. The molecule has 0 spiro atoms. The van der Waals surface area contributed by atoms with Crippen LogP contribution >= 0.6 is 0 Å². The summed E-state index contributed by atoms with van der Waals surface area (Å²) in [4.78, 5) is 12.7. The van der Waals surface area contributed by atoms with E-state index >= 15 is 0 Å². The van der Waals surface area contributed by atoms with Gasteiger partial charge in [-0.3, -0.25) is 4.79 Å². The van der Waals surface area contributed by atoms with E-state index in [1.807, 2.05) is 0 Å². The molecule has 1 aromatic rings. The van der Waals surface area contributed by atoms with Gasteiger partial charge in [-0.2, -0.15) is 0 Å². The molecule has 2 atom stereocenters. The summed E-state index contributed by atoms with van der Waals surface area (Å²) in [6.07, 6.45) is 4.74. The van der Waals surface area contributed by atoms with Gasteiger partial charge >= 0.3 is 0 Å². The summed E-state index contributed by atoms with van der Waals surface area (Å²) in [5.74, 6) is 0.348. The minimum Gasteiger partial charge on any atom is -0.495 e. The molecule has 0 bridgehead atoms. The van der Waals surface area contributed by atoms with Crippen LogP contribution in [0.25, 0.3) is 0 Å². The molecule has 0 aromatic heterocycles. The van der Waals surface area contributed by atoms with Crippen molar-refractivity contribution in [3.05, 3.63) is 23.8 Å². The highest BCUT2D eigenvalue weighted by Gasteiger charge is 2.28. The second-order valence-corrected chi connectivity index (χ2v) is 9.20. The highest BCUT2D eigenvalue weighted by Crippen LogP contribution is 2.27. The number of amides is 1. The molecule has 1 saturated carbocycles. The van der Waals surface area contributed by atoms with Crippen molar-refractivity contribution >= 4 is 15.9 Å². The van der Waals surface area contributed by atoms with Crippen LogP contribution in [0.2, 0.25) is 0 Å². The standard InChI is InChI=1S/C19H29N3O4S/c1-13-9-10-20-12-16(13)21-19(23)14-7-8-17(26-2)18(11-14)27(24,25)22-15-5-3-4-6-15/h7-8,11,13,15-16,20,22H,3-6,9-10,12H2,1-2H3,(H,21,23). The third-order valence-electron chi connectivity index (χ3n) is 5.54. The molecule has 2 fully saturated rings. The number of carbonyl (C=O) groups excluding carboxylic acids is 1. The summed E-state index contributed by atoms with van der Waals surface area (Å²) >= 11 is 0. The molecule has 1 aliphatic heterocycles. The number of rotatable bonds is 6. The Morgan fingerprint density at radius 3 is 2.63 bits per heavy atom. The lowest BCUT2D eigenvalue weighted by Gasteiger charge is -2.30. The van der Waals surface area contributed by atoms with Crippen molar-refractivity contribution in [1.29, 1.82) is 0 Å². The number of sulfonamides is 1. The topological polar surface area (TPSA) is 96.5 Å². The van der Waals surface area contributed by atoms with E-state index in [0.29, 0.717) is 11.5 Å². The van der Waals surface area contributed by atoms with E-state index in [-0.39, 0.29) is 28.6 Å². The van der Waals surface area contributed by atoms with Crippen molar-refractivity contribution in [2.24, 2.45) is 5.92 Å². The summed E-state index contributed by atoms with van der Waals surface area (Å²) in [5, 5.41) is 6.29. The maximum Gasteiger partial charge on any atom is 0.251 e. The monoisotopic (exact) mass is 395 g/mol. The SMILES string of the molecule is COc1ccc(C(=O)NC2CNCCC2C)cc1S(=O)(=O)NC1CCCC1. The van der Waals surface area contributed by atoms with Gasteiger partial charge in [-0.25, -0.2) is 13.1 Å². The second-order valence-electron chi connectivity index (χ2n) is 7.52. The number of methoxy groups -OCH3 is 1. The number of ether oxygens (including phenoxy) is 1. The predicted molar refractivity (Wildman–Crippen MR) is 103 cm³/mol. The zero-order chi connectivity index (χ0) is 19.4. The molecule has 3 rings (SSSR count). The number of nitrogens with one attached hydrogen (secondary N) is 3.